The van der Waals surface area contributed by atoms with Crippen LogP contribution >= 0.6 is 0 Å². The van der Waals surface area contributed by atoms with Crippen molar-refractivity contribution < 1.29 is 17.8 Å². The van der Waals surface area contributed by atoms with Crippen molar-refractivity contribution in [2.24, 2.45) is 0 Å². The van der Waals surface area contributed by atoms with Crippen molar-refractivity contribution in [2.45, 2.75) is 5.75 Å². The Balaban J connectivity index is 0.00000200. The molecule has 0 spiro atoms. The molecule has 0 heterocycles. The maximum atomic E-state index is 12.1. The molecule has 0 aliphatic rings. The molecule has 0 amide bonds. The van der Waals surface area contributed by atoms with Crippen LogP contribution in [0.4, 0.5) is 0 Å². The van der Waals surface area contributed by atoms with E-state index < -0.39 is 15.9 Å². The predicted octanol–water partition coefficient (Wildman–Crippen LogP) is 1.66. The fourth-order valence-corrected chi connectivity index (χ4v) is 2.33. The van der Waals surface area contributed by atoms with Gasteiger partial charge in [0.05, 0.1) is 0 Å². The zero-order valence-electron chi connectivity index (χ0n) is 9.98. The molecule has 0 radical (unpaired) electrons. The number of hydrogen-bond acceptors (Lipinski definition) is 3. The second kappa shape index (κ2) is 7.15. The molecule has 0 bridgehead atoms. The Morgan fingerprint density at radius 3 is 1.90 bits per heavy atom. The number of ketones is 1. The molecule has 4 nitrogen and oxygen atoms in total. The fourth-order valence-electron chi connectivity index (χ4n) is 1.72. The van der Waals surface area contributed by atoms with Crippen LogP contribution in [0.2, 0.25) is 0 Å². The van der Waals surface area contributed by atoms with Gasteiger partial charge in [-0.1, -0.05) is 54.6 Å². The van der Waals surface area contributed by atoms with E-state index in [0.717, 1.165) is 0 Å². The van der Waals surface area contributed by atoms with Crippen molar-refractivity contribution in [1.82, 2.24) is 0 Å². The van der Waals surface area contributed by atoms with E-state index in [9.17, 15) is 13.2 Å². The van der Waals surface area contributed by atoms with E-state index in [2.05, 4.69) is 0 Å². The zero-order valence-corrected chi connectivity index (χ0v) is 10.8. The number of rotatable bonds is 4. The Kier molecular flexibility index (Phi) is 6.10. The van der Waals surface area contributed by atoms with E-state index in [0.29, 0.717) is 16.7 Å². The van der Waals surface area contributed by atoms with Gasteiger partial charge >= 0.3 is 29.6 Å². The van der Waals surface area contributed by atoms with Gasteiger partial charge < -0.3 is 0 Å². The molecule has 100 valence electrons. The number of carbonyl (C=O) groups is 1. The topological polar surface area (TPSA) is 71.4 Å². The molecule has 0 aliphatic heterocycles. The molecule has 0 unspecified atom stereocenters. The van der Waals surface area contributed by atoms with Crippen LogP contribution in [-0.4, -0.2) is 48.3 Å². The van der Waals surface area contributed by atoms with Gasteiger partial charge in [-0.2, -0.15) is 8.42 Å². The van der Waals surface area contributed by atoms with Crippen LogP contribution < -0.4 is 0 Å². The molecular weight excluding hydrogens is 287 g/mol. The molecule has 0 fully saturated rings. The van der Waals surface area contributed by atoms with Gasteiger partial charge in [-0.3, -0.25) is 9.35 Å². The van der Waals surface area contributed by atoms with Crippen LogP contribution in [0.5, 0.6) is 0 Å². The molecule has 0 atom stereocenters. The third kappa shape index (κ3) is 4.85. The molecule has 20 heavy (non-hydrogen) atoms. The minimum atomic E-state index is -4.05. The second-order valence-corrected chi connectivity index (χ2v) is 5.57. The first-order valence-corrected chi connectivity index (χ1v) is 7.20. The average molecular weight is 300 g/mol. The molecule has 0 aliphatic carbocycles. The normalized spacial score (nSPS) is 10.7. The Morgan fingerprint density at radius 2 is 1.40 bits per heavy atom. The summed E-state index contributed by atoms with van der Waals surface area (Å²) in [5, 5.41) is 0. The Bertz CT molecular complexity index is 679. The Hall–Kier alpha value is -0.980. The van der Waals surface area contributed by atoms with Crippen molar-refractivity contribution in [1.29, 1.82) is 0 Å². The Morgan fingerprint density at radius 1 is 0.900 bits per heavy atom. The zero-order chi connectivity index (χ0) is 13.9. The SMILES string of the molecule is O=C(c1ccccc1)c1ccc(CS(=O)(=O)O)cc1.[NaH]. The number of carbonyl (C=O) groups excluding carboxylic acids is 1. The van der Waals surface area contributed by atoms with Gasteiger partial charge in [0.1, 0.15) is 5.75 Å². The summed E-state index contributed by atoms with van der Waals surface area (Å²) >= 11 is 0. The van der Waals surface area contributed by atoms with E-state index in [-0.39, 0.29) is 35.3 Å². The summed E-state index contributed by atoms with van der Waals surface area (Å²) in [4.78, 5) is 12.1. The summed E-state index contributed by atoms with van der Waals surface area (Å²) in [5.74, 6) is -0.578. The third-order valence-electron chi connectivity index (χ3n) is 2.60. The van der Waals surface area contributed by atoms with Crippen LogP contribution in [0, 0.1) is 0 Å². The quantitative estimate of drug-likeness (QED) is 0.529. The Labute approximate surface area is 139 Å². The van der Waals surface area contributed by atoms with Crippen LogP contribution in [-0.2, 0) is 15.9 Å². The van der Waals surface area contributed by atoms with Gasteiger partial charge in [0.15, 0.2) is 5.78 Å². The maximum absolute atomic E-state index is 12.1. The van der Waals surface area contributed by atoms with E-state index >= 15 is 0 Å². The monoisotopic (exact) mass is 300 g/mol. The molecule has 0 saturated carbocycles. The van der Waals surface area contributed by atoms with Crippen LogP contribution in [0.15, 0.2) is 54.6 Å². The molecule has 6 heteroatoms. The van der Waals surface area contributed by atoms with E-state index in [1.807, 2.05) is 6.07 Å². The second-order valence-electron chi connectivity index (χ2n) is 4.12. The first-order valence-electron chi connectivity index (χ1n) is 5.59. The van der Waals surface area contributed by atoms with Crippen molar-refractivity contribution in [3.63, 3.8) is 0 Å². The average Bonchev–Trinajstić information content (AvgIpc) is 2.38. The molecule has 0 saturated heterocycles. The molecule has 2 aromatic carbocycles. The van der Waals surface area contributed by atoms with Gasteiger partial charge in [-0.15, -0.1) is 0 Å². The van der Waals surface area contributed by atoms with Crippen LogP contribution in [0.3, 0.4) is 0 Å². The van der Waals surface area contributed by atoms with Gasteiger partial charge in [-0.25, -0.2) is 0 Å². The van der Waals surface area contributed by atoms with Gasteiger partial charge in [0.2, 0.25) is 0 Å². The first kappa shape index (κ1) is 17.1. The molecule has 2 rings (SSSR count). The fraction of sp³-hybridized carbons (Fsp3) is 0.0714. The number of hydrogen-bond donors (Lipinski definition) is 1. The van der Waals surface area contributed by atoms with E-state index in [1.165, 1.54) is 12.1 Å². The minimum absolute atomic E-state index is 0. The molecule has 2 aromatic rings. The standard InChI is InChI=1S/C14H12O4S.Na.H/c15-14(12-4-2-1-3-5-12)13-8-6-11(7-9-13)10-19(16,17)18;;/h1-9H,10H2,(H,16,17,18);;. The summed E-state index contributed by atoms with van der Waals surface area (Å²) in [6, 6.07) is 15.0. The molecule has 1 N–H and O–H groups in total. The van der Waals surface area contributed by atoms with Crippen LogP contribution in [0.25, 0.3) is 0 Å². The summed E-state index contributed by atoms with van der Waals surface area (Å²) in [6.07, 6.45) is 0. The van der Waals surface area contributed by atoms with Crippen molar-refractivity contribution >= 4 is 45.5 Å². The van der Waals surface area contributed by atoms with E-state index in [1.54, 1.807) is 36.4 Å². The van der Waals surface area contributed by atoms with Crippen molar-refractivity contribution in [2.75, 3.05) is 0 Å². The molecule has 0 aromatic heterocycles. The summed E-state index contributed by atoms with van der Waals surface area (Å²) in [7, 11) is -4.05. The van der Waals surface area contributed by atoms with Crippen LogP contribution in [0.1, 0.15) is 21.5 Å². The van der Waals surface area contributed by atoms with Crippen molar-refractivity contribution in [3.8, 4) is 0 Å². The van der Waals surface area contributed by atoms with Gasteiger partial charge in [-0.05, 0) is 5.56 Å². The third-order valence-corrected chi connectivity index (χ3v) is 3.30. The number of benzene rings is 2. The van der Waals surface area contributed by atoms with E-state index in [4.69, 9.17) is 4.55 Å². The first-order chi connectivity index (χ1) is 8.96. The molecular formula is C14H13NaO4S. The predicted molar refractivity (Wildman–Crippen MR) is 78.7 cm³/mol. The summed E-state index contributed by atoms with van der Waals surface area (Å²) in [5.41, 5.74) is 1.49. The van der Waals surface area contributed by atoms with Gasteiger partial charge in [0.25, 0.3) is 10.1 Å². The summed E-state index contributed by atoms with van der Waals surface area (Å²) < 4.78 is 30.2. The van der Waals surface area contributed by atoms with Gasteiger partial charge in [0, 0.05) is 11.1 Å². The van der Waals surface area contributed by atoms with Crippen molar-refractivity contribution in [3.05, 3.63) is 71.3 Å². The summed E-state index contributed by atoms with van der Waals surface area (Å²) in [6.45, 7) is 0.